The Labute approximate surface area is 439 Å². The van der Waals surface area contributed by atoms with Crippen LogP contribution >= 0.6 is 0 Å². The second-order valence-electron chi connectivity index (χ2n) is 19.1. The molecule has 0 bridgehead atoms. The van der Waals surface area contributed by atoms with Gasteiger partial charge in [-0.1, -0.05) is 63.4 Å². The van der Waals surface area contributed by atoms with Crippen LogP contribution in [0, 0.1) is 11.8 Å². The highest BCUT2D eigenvalue weighted by molar-refractivity contribution is 5.98. The van der Waals surface area contributed by atoms with Gasteiger partial charge in [0.25, 0.3) is 0 Å². The van der Waals surface area contributed by atoms with Crippen LogP contribution in [0.15, 0.2) is 30.3 Å². The number of carbonyl (C=O) groups is 10. The first-order valence-electron chi connectivity index (χ1n) is 25.9. The molecule has 9 atom stereocenters. The lowest BCUT2D eigenvalue weighted by Crippen LogP contribution is -2.61. The van der Waals surface area contributed by atoms with Crippen molar-refractivity contribution in [2.75, 3.05) is 45.8 Å². The van der Waals surface area contributed by atoms with E-state index in [1.54, 1.807) is 51.1 Å². The number of rotatable bonds is 34. The van der Waals surface area contributed by atoms with Gasteiger partial charge in [-0.25, -0.2) is 0 Å². The van der Waals surface area contributed by atoms with Gasteiger partial charge in [-0.05, 0) is 102 Å². The minimum Gasteiger partial charge on any atom is -0.391 e. The van der Waals surface area contributed by atoms with Crippen molar-refractivity contribution in [3.63, 3.8) is 0 Å². The van der Waals surface area contributed by atoms with E-state index in [1.165, 1.54) is 6.92 Å². The molecule has 0 radical (unpaired) electrons. The SMILES string of the molecule is CCNC(=O)C(NC(=O)[C@H](CCN)NC(=O)[C@H](CCN)NC(=O)[C@H](CC(C)C)NC(=O)[C@@H](Cc1ccccc1)NC(=O)[C@H](CCN)NC(=O)CNC(=O)[C@H](CCN)NC(=O)CNC(=O)C(N)C1CCCCC1)C(C)O. The molecule has 0 spiro atoms. The summed E-state index contributed by atoms with van der Waals surface area (Å²) in [5.41, 5.74) is 29.9. The van der Waals surface area contributed by atoms with E-state index in [4.69, 9.17) is 28.7 Å². The Balaban J connectivity index is 2.21. The van der Waals surface area contributed by atoms with E-state index < -0.39 is 127 Å². The number of aliphatic hydroxyl groups excluding tert-OH is 1. The van der Waals surface area contributed by atoms with Gasteiger partial charge in [0, 0.05) is 13.0 Å². The molecule has 75 heavy (non-hydrogen) atoms. The quantitative estimate of drug-likeness (QED) is 0.0307. The van der Waals surface area contributed by atoms with E-state index in [0.29, 0.717) is 5.56 Å². The van der Waals surface area contributed by atoms with Gasteiger partial charge in [0.2, 0.25) is 59.1 Å². The van der Waals surface area contributed by atoms with E-state index >= 15 is 0 Å². The molecular weight excluding hydrogens is 975 g/mol. The summed E-state index contributed by atoms with van der Waals surface area (Å²) in [5.74, 6) is -7.59. The monoisotopic (exact) mass is 1060 g/mol. The predicted octanol–water partition coefficient (Wildman–Crippen LogP) is -5.28. The standard InChI is InChI=1S/C49H85N15O11/c1-5-55-49(75)41(29(4)65)64-45(71)35(19-23-53)60-44(70)34(18-22-52)61-46(72)36(24-28(2)3)62-47(73)37(25-30-12-8-6-9-13-30)63-43(69)33(17-21-51)59-38(66)26-56-42(68)32(16-20-50)58-39(67)27-57-48(74)40(54)31-14-10-7-11-15-31/h6,8-9,12-13,28-29,31-37,40-41,65H,5,7,10-11,14-27,50-54H2,1-4H3,(H,55,75)(H,56,68)(H,57,74)(H,58,67)(H,59,66)(H,60,70)(H,61,72)(H,62,73)(H,63,69)(H,64,71)/t29?,32-,33-,34-,35-,36-,37+,40?,41?/m0/s1. The molecule has 2 rings (SSSR count). The number of amides is 10. The number of hydrogen-bond donors (Lipinski definition) is 16. The fourth-order valence-corrected chi connectivity index (χ4v) is 8.31. The van der Waals surface area contributed by atoms with Crippen LogP contribution in [0.25, 0.3) is 0 Å². The minimum atomic E-state index is -1.34. The molecule has 10 amide bonds. The summed E-state index contributed by atoms with van der Waals surface area (Å²) in [5, 5.41) is 35.7. The molecular formula is C49H85N15O11. The van der Waals surface area contributed by atoms with Crippen molar-refractivity contribution in [2.24, 2.45) is 40.5 Å². The molecule has 422 valence electrons. The zero-order chi connectivity index (χ0) is 56.0. The average molecular weight is 1060 g/mol. The molecule has 0 heterocycles. The molecule has 26 nitrogen and oxygen atoms in total. The number of nitrogens with one attached hydrogen (secondary N) is 10. The Hall–Kier alpha value is -6.32. The third-order valence-electron chi connectivity index (χ3n) is 12.4. The number of aliphatic hydroxyl groups is 1. The molecule has 1 aliphatic rings. The molecule has 1 aromatic rings. The van der Waals surface area contributed by atoms with Crippen molar-refractivity contribution in [2.45, 2.75) is 153 Å². The van der Waals surface area contributed by atoms with Crippen LogP contribution in [-0.2, 0) is 54.4 Å². The number of hydrogen-bond acceptors (Lipinski definition) is 16. The van der Waals surface area contributed by atoms with Gasteiger partial charge in [-0.3, -0.25) is 47.9 Å². The number of benzene rings is 1. The van der Waals surface area contributed by atoms with Crippen molar-refractivity contribution < 1.29 is 53.1 Å². The largest absolute Gasteiger partial charge is 0.391 e. The van der Waals surface area contributed by atoms with Gasteiger partial charge in [0.05, 0.1) is 25.2 Å². The second kappa shape index (κ2) is 35.0. The number of carbonyl (C=O) groups excluding carboxylic acids is 10. The molecule has 1 aromatic carbocycles. The van der Waals surface area contributed by atoms with Crippen LogP contribution in [0.2, 0.25) is 0 Å². The van der Waals surface area contributed by atoms with Crippen LogP contribution in [0.3, 0.4) is 0 Å². The minimum absolute atomic E-state index is 0.00802. The lowest BCUT2D eigenvalue weighted by Gasteiger charge is -2.28. The molecule has 3 unspecified atom stereocenters. The van der Waals surface area contributed by atoms with Crippen LogP contribution in [0.1, 0.15) is 97.5 Å². The Kier molecular flexibility index (Phi) is 30.3. The van der Waals surface area contributed by atoms with Crippen LogP contribution in [-0.4, -0.2) is 164 Å². The van der Waals surface area contributed by atoms with Gasteiger partial charge in [-0.2, -0.15) is 0 Å². The van der Waals surface area contributed by atoms with Gasteiger partial charge < -0.3 is 86.9 Å². The Morgan fingerprint density at radius 3 is 1.40 bits per heavy atom. The Morgan fingerprint density at radius 2 is 0.933 bits per heavy atom. The second-order valence-corrected chi connectivity index (χ2v) is 19.1. The molecule has 0 saturated heterocycles. The number of likely N-dealkylation sites (N-methyl/N-ethyl adjacent to an activating group) is 1. The van der Waals surface area contributed by atoms with Gasteiger partial charge in [-0.15, -0.1) is 0 Å². The third-order valence-corrected chi connectivity index (χ3v) is 12.4. The molecule has 26 heteroatoms. The highest BCUT2D eigenvalue weighted by Gasteiger charge is 2.35. The van der Waals surface area contributed by atoms with E-state index in [0.717, 1.165) is 32.1 Å². The summed E-state index contributed by atoms with van der Waals surface area (Å²) >= 11 is 0. The summed E-state index contributed by atoms with van der Waals surface area (Å²) in [7, 11) is 0. The predicted molar refractivity (Wildman–Crippen MR) is 279 cm³/mol. The highest BCUT2D eigenvalue weighted by atomic mass is 16.3. The summed E-state index contributed by atoms with van der Waals surface area (Å²) < 4.78 is 0. The lowest BCUT2D eigenvalue weighted by atomic mass is 9.84. The maximum atomic E-state index is 14.3. The molecule has 0 aromatic heterocycles. The maximum absolute atomic E-state index is 14.3. The average Bonchev–Trinajstić information content (AvgIpc) is 3.37. The number of nitrogens with two attached hydrogens (primary N) is 5. The smallest absolute Gasteiger partial charge is 0.245 e. The molecule has 0 aliphatic heterocycles. The normalized spacial score (nSPS) is 16.1. The van der Waals surface area contributed by atoms with Crippen LogP contribution in [0.5, 0.6) is 0 Å². The van der Waals surface area contributed by atoms with Gasteiger partial charge in [0.15, 0.2) is 0 Å². The highest BCUT2D eigenvalue weighted by Crippen LogP contribution is 2.25. The topological polar surface area (TPSA) is 441 Å². The van der Waals surface area contributed by atoms with E-state index in [1.807, 2.05) is 0 Å². The van der Waals surface area contributed by atoms with Crippen LogP contribution < -0.4 is 81.8 Å². The zero-order valence-electron chi connectivity index (χ0n) is 43.9. The van der Waals surface area contributed by atoms with E-state index in [9.17, 15) is 53.1 Å². The third kappa shape index (κ3) is 23.8. The van der Waals surface area contributed by atoms with Crippen molar-refractivity contribution >= 4 is 59.1 Å². The maximum Gasteiger partial charge on any atom is 0.245 e. The molecule has 1 fully saturated rings. The van der Waals surface area contributed by atoms with E-state index in [2.05, 4.69) is 53.2 Å². The van der Waals surface area contributed by atoms with Crippen molar-refractivity contribution in [3.8, 4) is 0 Å². The molecule has 1 saturated carbocycles. The first kappa shape index (κ1) is 64.8. The summed E-state index contributed by atoms with van der Waals surface area (Å²) in [6.07, 6.45) is 3.11. The fraction of sp³-hybridized carbons (Fsp3) is 0.673. The summed E-state index contributed by atoms with van der Waals surface area (Å²) in [6, 6.07) is -1.17. The van der Waals surface area contributed by atoms with Crippen molar-refractivity contribution in [1.82, 2.24) is 53.2 Å². The van der Waals surface area contributed by atoms with E-state index in [-0.39, 0.29) is 83.1 Å². The first-order valence-corrected chi connectivity index (χ1v) is 25.9. The fourth-order valence-electron chi connectivity index (χ4n) is 8.31. The van der Waals surface area contributed by atoms with Crippen molar-refractivity contribution in [1.29, 1.82) is 0 Å². The van der Waals surface area contributed by atoms with Crippen LogP contribution in [0.4, 0.5) is 0 Å². The van der Waals surface area contributed by atoms with Gasteiger partial charge >= 0.3 is 0 Å². The van der Waals surface area contributed by atoms with Crippen molar-refractivity contribution in [3.05, 3.63) is 35.9 Å². The summed E-state index contributed by atoms with van der Waals surface area (Å²) in [4.78, 5) is 134. The molecule has 1 aliphatic carbocycles. The first-order chi connectivity index (χ1) is 35.7. The molecule has 21 N–H and O–H groups in total. The Morgan fingerprint density at radius 1 is 0.520 bits per heavy atom. The summed E-state index contributed by atoms with van der Waals surface area (Å²) in [6.45, 7) is 5.47. The Bertz CT molecular complexity index is 2010. The zero-order valence-corrected chi connectivity index (χ0v) is 43.9. The van der Waals surface area contributed by atoms with Gasteiger partial charge in [0.1, 0.15) is 42.3 Å². The lowest BCUT2D eigenvalue weighted by molar-refractivity contribution is -0.136.